The molecule has 86 valence electrons. The van der Waals surface area contributed by atoms with Gasteiger partial charge in [0.1, 0.15) is 0 Å². The van der Waals surface area contributed by atoms with Crippen LogP contribution in [0.25, 0.3) is 0 Å². The Morgan fingerprint density at radius 1 is 1.25 bits per heavy atom. The minimum Gasteiger partial charge on any atom is -0.296 e. The van der Waals surface area contributed by atoms with Crippen molar-refractivity contribution in [3.05, 3.63) is 35.4 Å². The van der Waals surface area contributed by atoms with Crippen LogP contribution in [0, 0.1) is 0 Å². The maximum atomic E-state index is 11.1. The summed E-state index contributed by atoms with van der Waals surface area (Å²) in [7, 11) is 0. The predicted octanol–water partition coefficient (Wildman–Crippen LogP) is 3.15. The third kappa shape index (κ3) is 1.95. The average Bonchev–Trinajstić information content (AvgIpc) is 2.77. The lowest BCUT2D eigenvalue weighted by molar-refractivity contribution is -0.182. The van der Waals surface area contributed by atoms with Crippen molar-refractivity contribution >= 4 is 5.97 Å². The highest BCUT2D eigenvalue weighted by molar-refractivity contribution is 5.88. The predicted molar refractivity (Wildman–Crippen MR) is 60.3 cm³/mol. The summed E-state index contributed by atoms with van der Waals surface area (Å²) in [5.41, 5.74) is 1.90. The number of carbonyl (C=O) groups is 1. The van der Waals surface area contributed by atoms with Crippen molar-refractivity contribution < 1.29 is 14.9 Å². The first-order valence-electron chi connectivity index (χ1n) is 5.62. The normalized spacial score (nSPS) is 18.4. The molecule has 0 aromatic heterocycles. The molecule has 0 spiro atoms. The molecule has 3 nitrogen and oxygen atoms in total. The van der Waals surface area contributed by atoms with Crippen molar-refractivity contribution in [2.75, 3.05) is 0 Å². The van der Waals surface area contributed by atoms with Crippen LogP contribution in [0.15, 0.2) is 24.3 Å². The number of benzene rings is 1. The molecule has 0 aliphatic heterocycles. The summed E-state index contributed by atoms with van der Waals surface area (Å²) in [6, 6.07) is 7.32. The van der Waals surface area contributed by atoms with E-state index >= 15 is 0 Å². The molecule has 1 aromatic rings. The quantitative estimate of drug-likeness (QED) is 0.615. The van der Waals surface area contributed by atoms with Crippen LogP contribution in [0.1, 0.15) is 48.5 Å². The van der Waals surface area contributed by atoms with Crippen molar-refractivity contribution in [3.63, 3.8) is 0 Å². The fraction of sp³-hybridized carbons (Fsp3) is 0.462. The zero-order chi connectivity index (χ0) is 11.6. The lowest BCUT2D eigenvalue weighted by Gasteiger charge is -2.24. The molecule has 1 fully saturated rings. The lowest BCUT2D eigenvalue weighted by atomic mass is 9.81. The second kappa shape index (κ2) is 4.26. The molecule has 0 heterocycles. The van der Waals surface area contributed by atoms with Crippen LogP contribution in [-0.4, -0.2) is 11.2 Å². The second-order valence-corrected chi connectivity index (χ2v) is 4.72. The van der Waals surface area contributed by atoms with Gasteiger partial charge in [-0.2, -0.15) is 5.26 Å². The topological polar surface area (TPSA) is 46.5 Å². The van der Waals surface area contributed by atoms with Gasteiger partial charge in [0.25, 0.3) is 0 Å². The Morgan fingerprint density at radius 3 is 2.31 bits per heavy atom. The van der Waals surface area contributed by atoms with Gasteiger partial charge in [-0.3, -0.25) is 4.89 Å². The fourth-order valence-electron chi connectivity index (χ4n) is 2.51. The van der Waals surface area contributed by atoms with E-state index in [2.05, 4.69) is 11.8 Å². The van der Waals surface area contributed by atoms with Crippen LogP contribution >= 0.6 is 0 Å². The van der Waals surface area contributed by atoms with Gasteiger partial charge in [0.15, 0.2) is 0 Å². The van der Waals surface area contributed by atoms with Crippen LogP contribution in [0.4, 0.5) is 0 Å². The Kier molecular flexibility index (Phi) is 2.97. The molecule has 0 saturated heterocycles. The monoisotopic (exact) mass is 220 g/mol. The average molecular weight is 220 g/mol. The molecule has 0 atom stereocenters. The van der Waals surface area contributed by atoms with Crippen molar-refractivity contribution in [2.45, 2.75) is 38.0 Å². The van der Waals surface area contributed by atoms with E-state index in [4.69, 9.17) is 5.26 Å². The Hall–Kier alpha value is -1.35. The minimum atomic E-state index is -0.705. The summed E-state index contributed by atoms with van der Waals surface area (Å²) in [6.45, 7) is 2.26. The summed E-state index contributed by atoms with van der Waals surface area (Å²) in [4.78, 5) is 14.7. The summed E-state index contributed by atoms with van der Waals surface area (Å²) < 4.78 is 0. The SMILES string of the molecule is CC1(c2ccc(C(=O)OO)cc2)CCCC1. The van der Waals surface area contributed by atoms with Gasteiger partial charge in [0, 0.05) is 0 Å². The maximum Gasteiger partial charge on any atom is 0.372 e. The zero-order valence-corrected chi connectivity index (χ0v) is 9.40. The third-order valence-corrected chi connectivity index (χ3v) is 3.61. The number of hydrogen-bond acceptors (Lipinski definition) is 3. The summed E-state index contributed by atoms with van der Waals surface area (Å²) >= 11 is 0. The number of rotatable bonds is 2. The Bertz CT molecular complexity index is 375. The summed E-state index contributed by atoms with van der Waals surface area (Å²) in [5.74, 6) is -0.705. The van der Waals surface area contributed by atoms with Gasteiger partial charge in [-0.15, -0.1) is 0 Å². The smallest absolute Gasteiger partial charge is 0.296 e. The highest BCUT2D eigenvalue weighted by Gasteiger charge is 2.30. The van der Waals surface area contributed by atoms with Gasteiger partial charge in [-0.1, -0.05) is 31.9 Å². The lowest BCUT2D eigenvalue weighted by Crippen LogP contribution is -2.16. The first kappa shape index (κ1) is 11.1. The maximum absolute atomic E-state index is 11.1. The molecular weight excluding hydrogens is 204 g/mol. The largest absolute Gasteiger partial charge is 0.372 e. The van der Waals surface area contributed by atoms with Crippen molar-refractivity contribution in [1.29, 1.82) is 0 Å². The van der Waals surface area contributed by atoms with E-state index in [1.807, 2.05) is 12.1 Å². The van der Waals surface area contributed by atoms with Crippen LogP contribution in [0.3, 0.4) is 0 Å². The van der Waals surface area contributed by atoms with Gasteiger partial charge in [-0.05, 0) is 36.0 Å². The first-order chi connectivity index (χ1) is 7.65. The van der Waals surface area contributed by atoms with Crippen molar-refractivity contribution in [3.8, 4) is 0 Å². The molecule has 16 heavy (non-hydrogen) atoms. The van der Waals surface area contributed by atoms with E-state index in [0.29, 0.717) is 5.56 Å². The molecular formula is C13H16O3. The molecule has 0 bridgehead atoms. The molecule has 0 amide bonds. The van der Waals surface area contributed by atoms with Crippen LogP contribution < -0.4 is 0 Å². The highest BCUT2D eigenvalue weighted by atomic mass is 17.1. The standard InChI is InChI=1S/C13H16O3/c1-13(8-2-3-9-13)11-6-4-10(5-7-11)12(14)16-15/h4-7,15H,2-3,8-9H2,1H3. The fourth-order valence-corrected chi connectivity index (χ4v) is 2.51. The Labute approximate surface area is 95.0 Å². The van der Waals surface area contributed by atoms with Crippen LogP contribution in [0.2, 0.25) is 0 Å². The van der Waals surface area contributed by atoms with E-state index in [-0.39, 0.29) is 5.41 Å². The summed E-state index contributed by atoms with van der Waals surface area (Å²) in [5, 5.41) is 8.27. The van der Waals surface area contributed by atoms with E-state index < -0.39 is 5.97 Å². The highest BCUT2D eigenvalue weighted by Crippen LogP contribution is 2.40. The van der Waals surface area contributed by atoms with Gasteiger partial charge in [-0.25, -0.2) is 4.79 Å². The van der Waals surface area contributed by atoms with E-state index in [1.165, 1.54) is 31.2 Å². The number of hydrogen-bond donors (Lipinski definition) is 1. The molecule has 0 unspecified atom stereocenters. The van der Waals surface area contributed by atoms with Gasteiger partial charge < -0.3 is 0 Å². The van der Waals surface area contributed by atoms with Gasteiger partial charge in [0.05, 0.1) is 5.56 Å². The molecule has 1 saturated carbocycles. The molecule has 3 heteroatoms. The molecule has 1 aliphatic rings. The van der Waals surface area contributed by atoms with E-state index in [0.717, 1.165) is 0 Å². The Balaban J connectivity index is 2.22. The molecule has 0 radical (unpaired) electrons. The minimum absolute atomic E-state index is 0.252. The number of carbonyl (C=O) groups excluding carboxylic acids is 1. The van der Waals surface area contributed by atoms with Crippen molar-refractivity contribution in [1.82, 2.24) is 0 Å². The molecule has 2 rings (SSSR count). The van der Waals surface area contributed by atoms with Crippen molar-refractivity contribution in [2.24, 2.45) is 0 Å². The molecule has 1 aliphatic carbocycles. The van der Waals surface area contributed by atoms with Crippen LogP contribution in [-0.2, 0) is 10.3 Å². The first-order valence-corrected chi connectivity index (χ1v) is 5.62. The second-order valence-electron chi connectivity index (χ2n) is 4.72. The molecule has 1 aromatic carbocycles. The van der Waals surface area contributed by atoms with E-state index in [9.17, 15) is 4.79 Å². The van der Waals surface area contributed by atoms with Crippen LogP contribution in [0.5, 0.6) is 0 Å². The molecule has 1 N–H and O–H groups in total. The zero-order valence-electron chi connectivity index (χ0n) is 9.40. The van der Waals surface area contributed by atoms with Gasteiger partial charge >= 0.3 is 5.97 Å². The van der Waals surface area contributed by atoms with Gasteiger partial charge in [0.2, 0.25) is 0 Å². The van der Waals surface area contributed by atoms with E-state index in [1.54, 1.807) is 12.1 Å². The Morgan fingerprint density at radius 2 is 1.81 bits per heavy atom. The third-order valence-electron chi connectivity index (χ3n) is 3.61. The summed E-state index contributed by atoms with van der Waals surface area (Å²) in [6.07, 6.45) is 4.96.